The van der Waals surface area contributed by atoms with Gasteiger partial charge in [-0.1, -0.05) is 30.3 Å². The number of anilines is 1. The van der Waals surface area contributed by atoms with Gasteiger partial charge in [0.15, 0.2) is 0 Å². The zero-order chi connectivity index (χ0) is 21.6. The summed E-state index contributed by atoms with van der Waals surface area (Å²) >= 11 is 0. The Kier molecular flexibility index (Phi) is 6.64. The molecule has 3 aromatic rings. The highest BCUT2D eigenvalue weighted by atomic mass is 16.5. The number of aryl methyl sites for hydroxylation is 2. The molecule has 4 rings (SSSR count). The molecular weight excluding hydrogens is 394 g/mol. The van der Waals surface area contributed by atoms with Crippen molar-refractivity contribution >= 4 is 22.8 Å². The molecule has 0 atom stereocenters. The zero-order valence-corrected chi connectivity index (χ0v) is 18.2. The molecule has 8 nitrogen and oxygen atoms in total. The van der Waals surface area contributed by atoms with Gasteiger partial charge in [-0.05, 0) is 31.7 Å². The van der Waals surface area contributed by atoms with E-state index in [9.17, 15) is 4.79 Å². The quantitative estimate of drug-likeness (QED) is 0.593. The van der Waals surface area contributed by atoms with E-state index in [1.165, 1.54) is 6.42 Å². The third kappa shape index (κ3) is 4.78. The SMILES string of the molecule is CCc1noc2nc(CCC(=O)NCc3ccccc3OC)nc(N3CCCCC3)c12. The molecule has 1 aliphatic heterocycles. The Labute approximate surface area is 182 Å². The number of hydrogen-bond donors (Lipinski definition) is 1. The summed E-state index contributed by atoms with van der Waals surface area (Å²) in [6.45, 7) is 4.42. The maximum absolute atomic E-state index is 12.4. The Bertz CT molecular complexity index is 1040. The summed E-state index contributed by atoms with van der Waals surface area (Å²) in [7, 11) is 1.63. The van der Waals surface area contributed by atoms with Gasteiger partial charge in [0.1, 0.15) is 22.8 Å². The second kappa shape index (κ2) is 9.76. The predicted octanol–water partition coefficient (Wildman–Crippen LogP) is 3.43. The van der Waals surface area contributed by atoms with Gasteiger partial charge in [-0.2, -0.15) is 4.98 Å². The molecule has 1 aliphatic rings. The average molecular weight is 424 g/mol. The Morgan fingerprint density at radius 3 is 2.77 bits per heavy atom. The van der Waals surface area contributed by atoms with Gasteiger partial charge in [0.25, 0.3) is 5.71 Å². The molecule has 0 radical (unpaired) electrons. The number of fused-ring (bicyclic) bond motifs is 1. The average Bonchev–Trinajstić information content (AvgIpc) is 3.24. The molecular formula is C23H29N5O3. The second-order valence-electron chi connectivity index (χ2n) is 7.76. The molecule has 0 spiro atoms. The Balaban J connectivity index is 1.46. The maximum atomic E-state index is 12.4. The van der Waals surface area contributed by atoms with Crippen LogP contribution in [-0.4, -0.2) is 41.2 Å². The Hall–Kier alpha value is -3.16. The van der Waals surface area contributed by atoms with Crippen molar-refractivity contribution in [2.45, 2.75) is 52.0 Å². The summed E-state index contributed by atoms with van der Waals surface area (Å²) in [6.07, 6.45) is 5.06. The first kappa shape index (κ1) is 21.1. The minimum Gasteiger partial charge on any atom is -0.496 e. The first-order chi connectivity index (χ1) is 15.2. The summed E-state index contributed by atoms with van der Waals surface area (Å²) in [4.78, 5) is 24.1. The van der Waals surface area contributed by atoms with Crippen LogP contribution in [0.5, 0.6) is 5.75 Å². The van der Waals surface area contributed by atoms with E-state index >= 15 is 0 Å². The fraction of sp³-hybridized carbons (Fsp3) is 0.478. The minimum atomic E-state index is -0.0547. The summed E-state index contributed by atoms with van der Waals surface area (Å²) in [5.74, 6) is 2.22. The van der Waals surface area contributed by atoms with Gasteiger partial charge in [-0.3, -0.25) is 4.79 Å². The van der Waals surface area contributed by atoms with Gasteiger partial charge in [0, 0.05) is 38.0 Å². The number of para-hydroxylation sites is 1. The summed E-state index contributed by atoms with van der Waals surface area (Å²) < 4.78 is 10.8. The molecule has 1 amide bonds. The van der Waals surface area contributed by atoms with Crippen molar-refractivity contribution in [1.82, 2.24) is 20.4 Å². The van der Waals surface area contributed by atoms with E-state index in [0.29, 0.717) is 30.9 Å². The van der Waals surface area contributed by atoms with Crippen molar-refractivity contribution in [3.63, 3.8) is 0 Å². The van der Waals surface area contributed by atoms with Crippen molar-refractivity contribution in [3.8, 4) is 5.75 Å². The second-order valence-corrected chi connectivity index (χ2v) is 7.76. The summed E-state index contributed by atoms with van der Waals surface area (Å²) in [6, 6.07) is 7.66. The van der Waals surface area contributed by atoms with Gasteiger partial charge >= 0.3 is 0 Å². The Morgan fingerprint density at radius 1 is 1.19 bits per heavy atom. The lowest BCUT2D eigenvalue weighted by molar-refractivity contribution is -0.121. The number of benzene rings is 1. The number of nitrogens with zero attached hydrogens (tertiary/aromatic N) is 4. The molecule has 8 heteroatoms. The largest absolute Gasteiger partial charge is 0.496 e. The van der Waals surface area contributed by atoms with Crippen molar-refractivity contribution in [2.24, 2.45) is 0 Å². The molecule has 0 bridgehead atoms. The molecule has 31 heavy (non-hydrogen) atoms. The number of carbonyl (C=O) groups is 1. The van der Waals surface area contributed by atoms with Gasteiger partial charge < -0.3 is 19.5 Å². The highest BCUT2D eigenvalue weighted by Gasteiger charge is 2.22. The maximum Gasteiger partial charge on any atom is 0.263 e. The normalized spacial score (nSPS) is 14.1. The highest BCUT2D eigenvalue weighted by Crippen LogP contribution is 2.30. The van der Waals surface area contributed by atoms with Crippen LogP contribution in [0.3, 0.4) is 0 Å². The van der Waals surface area contributed by atoms with E-state index in [4.69, 9.17) is 14.2 Å². The van der Waals surface area contributed by atoms with Crippen molar-refractivity contribution in [3.05, 3.63) is 41.3 Å². The third-order valence-electron chi connectivity index (χ3n) is 5.67. The lowest BCUT2D eigenvalue weighted by Crippen LogP contribution is -2.31. The van der Waals surface area contributed by atoms with Crippen molar-refractivity contribution < 1.29 is 14.1 Å². The fourth-order valence-corrected chi connectivity index (χ4v) is 3.98. The number of hydrogen-bond acceptors (Lipinski definition) is 7. The van der Waals surface area contributed by atoms with Crippen LogP contribution in [0.1, 0.15) is 49.7 Å². The lowest BCUT2D eigenvalue weighted by atomic mass is 10.1. The molecule has 2 aromatic heterocycles. The van der Waals surface area contributed by atoms with Crippen LogP contribution in [0.4, 0.5) is 5.82 Å². The minimum absolute atomic E-state index is 0.0547. The monoisotopic (exact) mass is 423 g/mol. The first-order valence-corrected chi connectivity index (χ1v) is 11.0. The van der Waals surface area contributed by atoms with Gasteiger partial charge in [0.05, 0.1) is 12.8 Å². The number of nitrogens with one attached hydrogen (secondary N) is 1. The van der Waals surface area contributed by atoms with E-state index in [-0.39, 0.29) is 5.91 Å². The lowest BCUT2D eigenvalue weighted by Gasteiger charge is -2.28. The number of rotatable bonds is 8. The number of methoxy groups -OCH3 is 1. The molecule has 1 N–H and O–H groups in total. The first-order valence-electron chi connectivity index (χ1n) is 11.0. The number of aromatic nitrogens is 3. The highest BCUT2D eigenvalue weighted by molar-refractivity contribution is 5.88. The number of carbonyl (C=O) groups excluding carboxylic acids is 1. The smallest absolute Gasteiger partial charge is 0.263 e. The van der Waals surface area contributed by atoms with Crippen LogP contribution in [0, 0.1) is 0 Å². The molecule has 0 aliphatic carbocycles. The third-order valence-corrected chi connectivity index (χ3v) is 5.67. The Morgan fingerprint density at radius 2 is 2.00 bits per heavy atom. The number of amides is 1. The molecule has 3 heterocycles. The fourth-order valence-electron chi connectivity index (χ4n) is 3.98. The zero-order valence-electron chi connectivity index (χ0n) is 18.2. The molecule has 1 aromatic carbocycles. The summed E-state index contributed by atoms with van der Waals surface area (Å²) in [5, 5.41) is 8.05. The van der Waals surface area contributed by atoms with E-state index in [0.717, 1.165) is 60.6 Å². The van der Waals surface area contributed by atoms with E-state index in [1.54, 1.807) is 7.11 Å². The molecule has 0 saturated carbocycles. The molecule has 164 valence electrons. The van der Waals surface area contributed by atoms with Gasteiger partial charge in [-0.25, -0.2) is 4.98 Å². The van der Waals surface area contributed by atoms with Crippen LogP contribution in [0.2, 0.25) is 0 Å². The van der Waals surface area contributed by atoms with Crippen LogP contribution in [0.15, 0.2) is 28.8 Å². The standard InChI is InChI=1S/C23H29N5O3/c1-3-17-21-22(28-13-7-4-8-14-28)25-19(26-23(21)31-27-17)11-12-20(29)24-15-16-9-5-6-10-18(16)30-2/h5-6,9-10H,3-4,7-8,11-15H2,1-2H3,(H,24,29). The van der Waals surface area contributed by atoms with E-state index in [2.05, 4.69) is 27.3 Å². The van der Waals surface area contributed by atoms with Gasteiger partial charge in [-0.15, -0.1) is 0 Å². The number of piperidine rings is 1. The van der Waals surface area contributed by atoms with Crippen molar-refractivity contribution in [1.29, 1.82) is 0 Å². The van der Waals surface area contributed by atoms with Crippen molar-refractivity contribution in [2.75, 3.05) is 25.1 Å². The van der Waals surface area contributed by atoms with Gasteiger partial charge in [0.2, 0.25) is 5.91 Å². The molecule has 0 unspecified atom stereocenters. The predicted molar refractivity (Wildman–Crippen MR) is 118 cm³/mol. The van der Waals surface area contributed by atoms with Crippen LogP contribution < -0.4 is 15.0 Å². The summed E-state index contributed by atoms with van der Waals surface area (Å²) in [5.41, 5.74) is 2.34. The van der Waals surface area contributed by atoms with Crippen LogP contribution in [0.25, 0.3) is 11.1 Å². The van der Waals surface area contributed by atoms with E-state index in [1.807, 2.05) is 24.3 Å². The van der Waals surface area contributed by atoms with Crippen LogP contribution >= 0.6 is 0 Å². The van der Waals surface area contributed by atoms with E-state index < -0.39 is 0 Å². The molecule has 1 fully saturated rings. The molecule has 1 saturated heterocycles. The number of ether oxygens (including phenoxy) is 1. The topological polar surface area (TPSA) is 93.4 Å². The van der Waals surface area contributed by atoms with Crippen LogP contribution in [-0.2, 0) is 24.2 Å².